The quantitative estimate of drug-likeness (QED) is 0.591. The fourth-order valence-electron chi connectivity index (χ4n) is 1.27. The molecule has 16 heavy (non-hydrogen) atoms. The minimum Gasteiger partial charge on any atom is -0.291 e. The van der Waals surface area contributed by atoms with Gasteiger partial charge in [0.1, 0.15) is 0 Å². The molecule has 1 rings (SSSR count). The second kappa shape index (κ2) is 6.05. The number of nitrogens with zero attached hydrogens (tertiary/aromatic N) is 2. The normalized spacial score (nSPS) is 11.6. The summed E-state index contributed by atoms with van der Waals surface area (Å²) >= 11 is 0. The first-order valence-electron chi connectivity index (χ1n) is 5.49. The van der Waals surface area contributed by atoms with Gasteiger partial charge in [0.15, 0.2) is 0 Å². The Morgan fingerprint density at radius 1 is 1.62 bits per heavy atom. The van der Waals surface area contributed by atoms with Crippen LogP contribution in [0.4, 0.5) is 5.95 Å². The maximum Gasteiger partial charge on any atom is 0.252 e. The monoisotopic (exact) mass is 222 g/mol. The highest BCUT2D eigenvalue weighted by Crippen LogP contribution is 1.99. The highest BCUT2D eigenvalue weighted by atomic mass is 16.1. The summed E-state index contributed by atoms with van der Waals surface area (Å²) in [5.41, 5.74) is 4.27. The third-order valence-electron chi connectivity index (χ3n) is 2.11. The van der Waals surface area contributed by atoms with E-state index in [9.17, 15) is 4.79 Å². The molecule has 2 N–H and O–H groups in total. The van der Waals surface area contributed by atoms with Crippen LogP contribution in [0.5, 0.6) is 0 Å². The van der Waals surface area contributed by atoms with Crippen LogP contribution in [0.2, 0.25) is 0 Å². The number of H-pyrrole nitrogens is 1. The third kappa shape index (κ3) is 4.25. The van der Waals surface area contributed by atoms with Crippen molar-refractivity contribution in [3.05, 3.63) is 22.1 Å². The van der Waals surface area contributed by atoms with Gasteiger partial charge in [-0.15, -0.1) is 0 Å². The number of nitrogens with one attached hydrogen (secondary N) is 2. The van der Waals surface area contributed by atoms with Crippen molar-refractivity contribution >= 4 is 11.7 Å². The van der Waals surface area contributed by atoms with Crippen molar-refractivity contribution in [1.29, 1.82) is 0 Å². The number of aromatic nitrogens is 2. The minimum absolute atomic E-state index is 0.170. The Morgan fingerprint density at radius 2 is 2.38 bits per heavy atom. The van der Waals surface area contributed by atoms with Crippen molar-refractivity contribution in [1.82, 2.24) is 9.97 Å². The molecule has 0 unspecified atom stereocenters. The van der Waals surface area contributed by atoms with E-state index in [1.807, 2.05) is 6.92 Å². The van der Waals surface area contributed by atoms with Crippen molar-refractivity contribution in [2.24, 2.45) is 5.10 Å². The van der Waals surface area contributed by atoms with Crippen molar-refractivity contribution < 1.29 is 0 Å². The number of aryl methyl sites for hydroxylation is 1. The van der Waals surface area contributed by atoms with Gasteiger partial charge >= 0.3 is 0 Å². The molecule has 5 nitrogen and oxygen atoms in total. The molecule has 0 spiro atoms. The number of anilines is 1. The predicted octanol–water partition coefficient (Wildman–Crippen LogP) is 2.06. The van der Waals surface area contributed by atoms with Gasteiger partial charge in [-0.2, -0.15) is 5.10 Å². The highest BCUT2D eigenvalue weighted by Gasteiger charge is 1.96. The average Bonchev–Trinajstić information content (AvgIpc) is 2.22. The van der Waals surface area contributed by atoms with Crippen LogP contribution in [0.25, 0.3) is 0 Å². The predicted molar refractivity (Wildman–Crippen MR) is 65.9 cm³/mol. The largest absolute Gasteiger partial charge is 0.291 e. The molecule has 0 aromatic carbocycles. The number of unbranched alkanes of at least 4 members (excludes halogenated alkanes) is 1. The van der Waals surface area contributed by atoms with Gasteiger partial charge in [-0.1, -0.05) is 13.3 Å². The number of rotatable bonds is 5. The highest BCUT2D eigenvalue weighted by molar-refractivity contribution is 5.82. The lowest BCUT2D eigenvalue weighted by Gasteiger charge is -2.02. The molecule has 1 aromatic heterocycles. The van der Waals surface area contributed by atoms with E-state index in [4.69, 9.17) is 0 Å². The van der Waals surface area contributed by atoms with Crippen LogP contribution in [0.3, 0.4) is 0 Å². The fourth-order valence-corrected chi connectivity index (χ4v) is 1.27. The SMILES string of the molecule is CCCC/C(C)=N\Nc1nc(C)cc(=O)[nH]1. The molecule has 1 heterocycles. The smallest absolute Gasteiger partial charge is 0.252 e. The van der Waals surface area contributed by atoms with Gasteiger partial charge < -0.3 is 0 Å². The second-order valence-corrected chi connectivity index (χ2v) is 3.80. The topological polar surface area (TPSA) is 70.1 Å². The number of aromatic amines is 1. The van der Waals surface area contributed by atoms with Crippen LogP contribution in [-0.4, -0.2) is 15.7 Å². The molecule has 0 fully saturated rings. The zero-order chi connectivity index (χ0) is 12.0. The number of hydrogen-bond acceptors (Lipinski definition) is 4. The molecule has 0 aliphatic carbocycles. The van der Waals surface area contributed by atoms with Crippen molar-refractivity contribution in [3.63, 3.8) is 0 Å². The summed E-state index contributed by atoms with van der Waals surface area (Å²) < 4.78 is 0. The average molecular weight is 222 g/mol. The maximum absolute atomic E-state index is 11.1. The molecule has 0 atom stereocenters. The lowest BCUT2D eigenvalue weighted by atomic mass is 10.2. The summed E-state index contributed by atoms with van der Waals surface area (Å²) in [5.74, 6) is 0.390. The zero-order valence-electron chi connectivity index (χ0n) is 10.0. The summed E-state index contributed by atoms with van der Waals surface area (Å²) in [6, 6.07) is 1.44. The molecule has 5 heteroatoms. The van der Waals surface area contributed by atoms with Gasteiger partial charge in [-0.3, -0.25) is 9.78 Å². The summed E-state index contributed by atoms with van der Waals surface area (Å²) in [6.45, 7) is 5.87. The van der Waals surface area contributed by atoms with Gasteiger partial charge in [0.2, 0.25) is 5.95 Å². The van der Waals surface area contributed by atoms with E-state index in [0.717, 1.165) is 25.0 Å². The van der Waals surface area contributed by atoms with Gasteiger partial charge in [-0.25, -0.2) is 10.4 Å². The van der Waals surface area contributed by atoms with Crippen LogP contribution in [0, 0.1) is 6.92 Å². The second-order valence-electron chi connectivity index (χ2n) is 3.80. The molecule has 88 valence electrons. The molecule has 1 aromatic rings. The minimum atomic E-state index is -0.170. The summed E-state index contributed by atoms with van der Waals surface area (Å²) in [6.07, 6.45) is 3.22. The zero-order valence-corrected chi connectivity index (χ0v) is 10.0. The molecular formula is C11H18N4O. The van der Waals surface area contributed by atoms with E-state index >= 15 is 0 Å². The third-order valence-corrected chi connectivity index (χ3v) is 2.11. The van der Waals surface area contributed by atoms with Crippen molar-refractivity contribution in [2.45, 2.75) is 40.0 Å². The number of hydrogen-bond donors (Lipinski definition) is 2. The first-order chi connectivity index (χ1) is 7.61. The molecule has 0 bridgehead atoms. The first-order valence-corrected chi connectivity index (χ1v) is 5.49. The van der Waals surface area contributed by atoms with E-state index in [-0.39, 0.29) is 5.56 Å². The van der Waals surface area contributed by atoms with Crippen molar-refractivity contribution in [3.8, 4) is 0 Å². The summed E-state index contributed by atoms with van der Waals surface area (Å²) in [7, 11) is 0. The Bertz CT molecular complexity index is 422. The summed E-state index contributed by atoms with van der Waals surface area (Å²) in [4.78, 5) is 17.8. The van der Waals surface area contributed by atoms with Crippen LogP contribution in [0.15, 0.2) is 16.0 Å². The van der Waals surface area contributed by atoms with Gasteiger partial charge in [0.05, 0.1) is 0 Å². The molecule has 0 saturated carbocycles. The van der Waals surface area contributed by atoms with Gasteiger partial charge in [-0.05, 0) is 26.7 Å². The van der Waals surface area contributed by atoms with E-state index in [0.29, 0.717) is 11.6 Å². The van der Waals surface area contributed by atoms with E-state index in [2.05, 4.69) is 27.4 Å². The van der Waals surface area contributed by atoms with Gasteiger partial charge in [0.25, 0.3) is 5.56 Å². The Balaban J connectivity index is 2.63. The van der Waals surface area contributed by atoms with Crippen LogP contribution in [-0.2, 0) is 0 Å². The van der Waals surface area contributed by atoms with Gasteiger partial charge in [0, 0.05) is 17.5 Å². The van der Waals surface area contributed by atoms with Crippen LogP contribution >= 0.6 is 0 Å². The maximum atomic E-state index is 11.1. The lowest BCUT2D eigenvalue weighted by Crippen LogP contribution is -2.11. The van der Waals surface area contributed by atoms with E-state index < -0.39 is 0 Å². The molecule has 0 amide bonds. The Hall–Kier alpha value is -1.65. The first kappa shape index (κ1) is 12.4. The molecule has 0 aliphatic heterocycles. The molecular weight excluding hydrogens is 204 g/mol. The Labute approximate surface area is 95.0 Å². The van der Waals surface area contributed by atoms with Crippen LogP contribution in [0.1, 0.15) is 38.8 Å². The standard InChI is InChI=1S/C11H18N4O/c1-4-5-6-8(2)14-15-11-12-9(3)7-10(16)13-11/h7H,4-6H2,1-3H3,(H2,12,13,15,16)/b14-8-. The molecule has 0 aliphatic rings. The fraction of sp³-hybridized carbons (Fsp3) is 0.545. The van der Waals surface area contributed by atoms with Crippen LogP contribution < -0.4 is 11.0 Å². The van der Waals surface area contributed by atoms with E-state index in [1.165, 1.54) is 6.07 Å². The lowest BCUT2D eigenvalue weighted by molar-refractivity contribution is 0.831. The van der Waals surface area contributed by atoms with Crippen molar-refractivity contribution in [2.75, 3.05) is 5.43 Å². The molecule has 0 radical (unpaired) electrons. The molecule has 0 saturated heterocycles. The Morgan fingerprint density at radius 3 is 3.00 bits per heavy atom. The Kier molecular flexibility index (Phi) is 4.69. The number of hydrazone groups is 1. The van der Waals surface area contributed by atoms with E-state index in [1.54, 1.807) is 6.92 Å². The summed E-state index contributed by atoms with van der Waals surface area (Å²) in [5, 5.41) is 4.15.